The van der Waals surface area contributed by atoms with Gasteiger partial charge < -0.3 is 9.84 Å². The molecule has 0 saturated carbocycles. The van der Waals surface area contributed by atoms with Gasteiger partial charge in [0.1, 0.15) is 0 Å². The summed E-state index contributed by atoms with van der Waals surface area (Å²) in [5.41, 5.74) is 2.37. The number of carbonyl (C=O) groups is 1. The Balaban J connectivity index is 1.57. The highest BCUT2D eigenvalue weighted by molar-refractivity contribution is 5.91. The molecule has 1 N–H and O–H groups in total. The van der Waals surface area contributed by atoms with E-state index in [-0.39, 0.29) is 24.4 Å². The summed E-state index contributed by atoms with van der Waals surface area (Å²) in [4.78, 5) is 26.7. The van der Waals surface area contributed by atoms with Crippen LogP contribution in [-0.2, 0) is 11.2 Å². The van der Waals surface area contributed by atoms with E-state index in [1.165, 1.54) is 23.8 Å². The largest absolute Gasteiger partial charge is 0.339 e. The van der Waals surface area contributed by atoms with Crippen LogP contribution < -0.4 is 5.32 Å². The van der Waals surface area contributed by atoms with Gasteiger partial charge in [0.2, 0.25) is 17.6 Å². The van der Waals surface area contributed by atoms with Crippen molar-refractivity contribution >= 4 is 17.3 Å². The summed E-state index contributed by atoms with van der Waals surface area (Å²) in [6.07, 6.45) is 0.397. The van der Waals surface area contributed by atoms with Crippen LogP contribution in [0, 0.1) is 10.1 Å². The Labute approximate surface area is 161 Å². The summed E-state index contributed by atoms with van der Waals surface area (Å²) in [5.74, 6) is 0.988. The maximum atomic E-state index is 12.1. The van der Waals surface area contributed by atoms with E-state index in [2.05, 4.69) is 29.3 Å². The molecule has 0 atom stereocenters. The van der Waals surface area contributed by atoms with Crippen LogP contribution in [0.15, 0.2) is 53.1 Å². The van der Waals surface area contributed by atoms with Crippen molar-refractivity contribution < 1.29 is 14.2 Å². The van der Waals surface area contributed by atoms with Gasteiger partial charge in [0, 0.05) is 36.2 Å². The van der Waals surface area contributed by atoms with Crippen molar-refractivity contribution in [1.82, 2.24) is 10.1 Å². The summed E-state index contributed by atoms with van der Waals surface area (Å²) >= 11 is 0. The number of aromatic nitrogens is 2. The fraction of sp³-hybridized carbons (Fsp3) is 0.250. The van der Waals surface area contributed by atoms with Gasteiger partial charge in [-0.3, -0.25) is 14.9 Å². The highest BCUT2D eigenvalue weighted by Gasteiger charge is 2.12. The van der Waals surface area contributed by atoms with Gasteiger partial charge in [-0.05, 0) is 17.5 Å². The van der Waals surface area contributed by atoms with Gasteiger partial charge >= 0.3 is 0 Å². The molecule has 1 heterocycles. The van der Waals surface area contributed by atoms with Gasteiger partial charge in [-0.1, -0.05) is 49.3 Å². The van der Waals surface area contributed by atoms with Crippen molar-refractivity contribution in [3.63, 3.8) is 0 Å². The Bertz CT molecular complexity index is 980. The fourth-order valence-electron chi connectivity index (χ4n) is 2.63. The summed E-state index contributed by atoms with van der Waals surface area (Å²) in [5, 5.41) is 17.4. The van der Waals surface area contributed by atoms with Crippen LogP contribution in [-0.4, -0.2) is 21.0 Å². The van der Waals surface area contributed by atoms with E-state index in [4.69, 9.17) is 4.52 Å². The lowest BCUT2D eigenvalue weighted by Crippen LogP contribution is -2.12. The molecule has 0 spiro atoms. The molecule has 2 aromatic carbocycles. The molecule has 8 heteroatoms. The number of anilines is 1. The summed E-state index contributed by atoms with van der Waals surface area (Å²) < 4.78 is 5.22. The van der Waals surface area contributed by atoms with Gasteiger partial charge in [0.15, 0.2) is 0 Å². The van der Waals surface area contributed by atoms with Crippen molar-refractivity contribution in [2.24, 2.45) is 0 Å². The Morgan fingerprint density at radius 2 is 1.96 bits per heavy atom. The van der Waals surface area contributed by atoms with E-state index in [0.717, 1.165) is 5.56 Å². The number of non-ortho nitro benzene ring substituents is 1. The van der Waals surface area contributed by atoms with E-state index >= 15 is 0 Å². The molecular formula is C20H20N4O4. The second-order valence-electron chi connectivity index (χ2n) is 6.64. The first kappa shape index (κ1) is 19.2. The predicted octanol–water partition coefficient (Wildman–Crippen LogP) is 4.34. The third kappa shape index (κ3) is 4.79. The fourth-order valence-corrected chi connectivity index (χ4v) is 2.63. The lowest BCUT2D eigenvalue weighted by molar-refractivity contribution is -0.384. The highest BCUT2D eigenvalue weighted by atomic mass is 16.6. The van der Waals surface area contributed by atoms with Crippen LogP contribution in [0.5, 0.6) is 0 Å². The second kappa shape index (κ2) is 8.43. The number of hydrogen-bond donors (Lipinski definition) is 1. The summed E-state index contributed by atoms with van der Waals surface area (Å²) in [7, 11) is 0. The summed E-state index contributed by atoms with van der Waals surface area (Å²) in [6.45, 7) is 4.25. The molecule has 8 nitrogen and oxygen atoms in total. The number of amides is 1. The number of nitro groups is 1. The number of aryl methyl sites for hydroxylation is 1. The molecule has 28 heavy (non-hydrogen) atoms. The molecule has 1 amide bonds. The van der Waals surface area contributed by atoms with Crippen LogP contribution in [0.2, 0.25) is 0 Å². The third-order valence-electron chi connectivity index (χ3n) is 4.21. The first-order chi connectivity index (χ1) is 13.4. The monoisotopic (exact) mass is 380 g/mol. The number of carbonyl (C=O) groups excluding carboxylic acids is 1. The van der Waals surface area contributed by atoms with Gasteiger partial charge in [-0.15, -0.1) is 0 Å². The average Bonchev–Trinajstić information content (AvgIpc) is 3.16. The first-order valence-corrected chi connectivity index (χ1v) is 8.89. The van der Waals surface area contributed by atoms with Crippen molar-refractivity contribution in [3.8, 4) is 11.4 Å². The van der Waals surface area contributed by atoms with E-state index in [1.54, 1.807) is 6.07 Å². The Kier molecular flexibility index (Phi) is 5.78. The molecule has 0 radical (unpaired) electrons. The van der Waals surface area contributed by atoms with Gasteiger partial charge in [-0.2, -0.15) is 4.98 Å². The maximum Gasteiger partial charge on any atom is 0.271 e. The molecule has 3 aromatic rings. The SMILES string of the molecule is CC(C)c1ccc(-c2noc(CCC(=O)Nc3cccc([N+](=O)[O-])c3)n2)cc1. The number of nitrogens with zero attached hydrogens (tertiary/aromatic N) is 3. The minimum Gasteiger partial charge on any atom is -0.339 e. The molecule has 0 fully saturated rings. The Morgan fingerprint density at radius 1 is 1.21 bits per heavy atom. The van der Waals surface area contributed by atoms with Gasteiger partial charge in [0.05, 0.1) is 4.92 Å². The van der Waals surface area contributed by atoms with Crippen LogP contribution in [0.1, 0.15) is 37.6 Å². The van der Waals surface area contributed by atoms with E-state index < -0.39 is 4.92 Å². The molecule has 144 valence electrons. The molecule has 0 unspecified atom stereocenters. The van der Waals surface area contributed by atoms with Crippen molar-refractivity contribution in [3.05, 3.63) is 70.1 Å². The number of rotatable bonds is 7. The van der Waals surface area contributed by atoms with Crippen LogP contribution in [0.25, 0.3) is 11.4 Å². The Morgan fingerprint density at radius 3 is 2.64 bits per heavy atom. The lowest BCUT2D eigenvalue weighted by Gasteiger charge is -2.04. The van der Waals surface area contributed by atoms with Gasteiger partial charge in [-0.25, -0.2) is 0 Å². The molecule has 0 saturated heterocycles. The number of nitro benzene ring substituents is 1. The Hall–Kier alpha value is -3.55. The van der Waals surface area contributed by atoms with E-state index in [0.29, 0.717) is 23.3 Å². The van der Waals surface area contributed by atoms with Crippen molar-refractivity contribution in [2.45, 2.75) is 32.6 Å². The van der Waals surface area contributed by atoms with Crippen LogP contribution in [0.4, 0.5) is 11.4 Å². The molecule has 3 rings (SSSR count). The molecular weight excluding hydrogens is 360 g/mol. The first-order valence-electron chi connectivity index (χ1n) is 8.89. The van der Waals surface area contributed by atoms with Gasteiger partial charge in [0.25, 0.3) is 5.69 Å². The lowest BCUT2D eigenvalue weighted by atomic mass is 10.0. The zero-order valence-corrected chi connectivity index (χ0v) is 15.6. The number of benzene rings is 2. The normalized spacial score (nSPS) is 10.8. The zero-order chi connectivity index (χ0) is 20.1. The minimum atomic E-state index is -0.511. The maximum absolute atomic E-state index is 12.1. The van der Waals surface area contributed by atoms with Crippen LogP contribution in [0.3, 0.4) is 0 Å². The molecule has 0 bridgehead atoms. The smallest absolute Gasteiger partial charge is 0.271 e. The highest BCUT2D eigenvalue weighted by Crippen LogP contribution is 2.21. The number of nitrogens with one attached hydrogen (secondary N) is 1. The minimum absolute atomic E-state index is 0.0807. The zero-order valence-electron chi connectivity index (χ0n) is 15.6. The van der Waals surface area contributed by atoms with E-state index in [9.17, 15) is 14.9 Å². The number of hydrogen-bond acceptors (Lipinski definition) is 6. The third-order valence-corrected chi connectivity index (χ3v) is 4.21. The molecule has 1 aromatic heterocycles. The average molecular weight is 380 g/mol. The molecule has 0 aliphatic rings. The summed E-state index contributed by atoms with van der Waals surface area (Å²) in [6, 6.07) is 13.7. The van der Waals surface area contributed by atoms with Crippen molar-refractivity contribution in [1.29, 1.82) is 0 Å². The second-order valence-corrected chi connectivity index (χ2v) is 6.64. The molecule has 0 aliphatic heterocycles. The van der Waals surface area contributed by atoms with E-state index in [1.807, 2.05) is 24.3 Å². The quantitative estimate of drug-likeness (QED) is 0.482. The van der Waals surface area contributed by atoms with Crippen molar-refractivity contribution in [2.75, 3.05) is 5.32 Å². The van der Waals surface area contributed by atoms with Crippen LogP contribution >= 0.6 is 0 Å². The predicted molar refractivity (Wildman–Crippen MR) is 104 cm³/mol. The molecule has 0 aliphatic carbocycles. The standard InChI is InChI=1S/C20H20N4O4/c1-13(2)14-6-8-15(9-7-14)20-22-19(28-23-20)11-10-18(25)21-16-4-3-5-17(12-16)24(26)27/h3-9,12-13H,10-11H2,1-2H3,(H,21,25). The topological polar surface area (TPSA) is 111 Å².